The second kappa shape index (κ2) is 4.38. The van der Waals surface area contributed by atoms with Gasteiger partial charge in [0, 0.05) is 5.56 Å². The summed E-state index contributed by atoms with van der Waals surface area (Å²) >= 11 is 1.15. The molecule has 0 aliphatic carbocycles. The van der Waals surface area contributed by atoms with Crippen LogP contribution >= 0.6 is 11.3 Å². The predicted molar refractivity (Wildman–Crippen MR) is 68.0 cm³/mol. The number of hydrogen-bond acceptors (Lipinski definition) is 4. The van der Waals surface area contributed by atoms with Crippen molar-refractivity contribution in [3.05, 3.63) is 41.3 Å². The van der Waals surface area contributed by atoms with E-state index in [1.54, 1.807) is 30.5 Å². The molecule has 1 aromatic heterocycles. The Morgan fingerprint density at radius 2 is 2.00 bits per heavy atom. The number of anilines is 1. The maximum absolute atomic E-state index is 11.9. The van der Waals surface area contributed by atoms with E-state index < -0.39 is 10.0 Å². The normalized spacial score (nSPS) is 11.4. The summed E-state index contributed by atoms with van der Waals surface area (Å²) in [7, 11) is -3.55. The molecule has 0 radical (unpaired) electrons. The van der Waals surface area contributed by atoms with Crippen LogP contribution in [-0.4, -0.2) is 13.5 Å². The molecule has 17 heavy (non-hydrogen) atoms. The lowest BCUT2D eigenvalue weighted by Gasteiger charge is -2.09. The summed E-state index contributed by atoms with van der Waals surface area (Å²) in [6.45, 7) is 1.65. The van der Waals surface area contributed by atoms with Crippen LogP contribution in [0.2, 0.25) is 0 Å². The van der Waals surface area contributed by atoms with Gasteiger partial charge in [-0.25, -0.2) is 8.42 Å². The molecule has 0 aliphatic heterocycles. The summed E-state index contributed by atoms with van der Waals surface area (Å²) in [5.41, 5.74) is 0.894. The van der Waals surface area contributed by atoms with E-state index in [1.165, 1.54) is 12.1 Å². The van der Waals surface area contributed by atoms with Crippen LogP contribution in [0.1, 0.15) is 5.56 Å². The van der Waals surface area contributed by atoms with E-state index in [-0.39, 0.29) is 9.96 Å². The van der Waals surface area contributed by atoms with Crippen molar-refractivity contribution in [1.82, 2.24) is 0 Å². The van der Waals surface area contributed by atoms with Gasteiger partial charge >= 0.3 is 0 Å². The molecule has 0 atom stereocenters. The van der Waals surface area contributed by atoms with Crippen LogP contribution in [0, 0.1) is 6.92 Å². The van der Waals surface area contributed by atoms with Gasteiger partial charge in [0.25, 0.3) is 10.0 Å². The third-order valence-corrected chi connectivity index (χ3v) is 5.07. The fraction of sp³-hybridized carbons (Fsp3) is 0.0909. The third kappa shape index (κ3) is 2.42. The van der Waals surface area contributed by atoms with Crippen LogP contribution < -0.4 is 4.72 Å². The Balaban J connectivity index is 2.37. The zero-order valence-corrected chi connectivity index (χ0v) is 10.7. The van der Waals surface area contributed by atoms with Crippen LogP contribution in [0.4, 0.5) is 5.69 Å². The lowest BCUT2D eigenvalue weighted by atomic mass is 10.2. The molecule has 0 amide bonds. The Hall–Kier alpha value is -1.53. The first-order chi connectivity index (χ1) is 8.00. The van der Waals surface area contributed by atoms with Crippen molar-refractivity contribution in [1.29, 1.82) is 0 Å². The van der Waals surface area contributed by atoms with E-state index in [0.717, 1.165) is 11.3 Å². The van der Waals surface area contributed by atoms with Crippen molar-refractivity contribution < 1.29 is 13.5 Å². The molecule has 0 unspecified atom stereocenters. The van der Waals surface area contributed by atoms with Crippen molar-refractivity contribution in [2.24, 2.45) is 0 Å². The lowest BCUT2D eigenvalue weighted by Crippen LogP contribution is -2.12. The van der Waals surface area contributed by atoms with Crippen molar-refractivity contribution >= 4 is 27.0 Å². The summed E-state index contributed by atoms with van der Waals surface area (Å²) in [6.07, 6.45) is 0. The zero-order valence-electron chi connectivity index (χ0n) is 9.04. The van der Waals surface area contributed by atoms with E-state index in [1.807, 2.05) is 0 Å². The Morgan fingerprint density at radius 3 is 2.65 bits per heavy atom. The molecule has 2 rings (SSSR count). The number of phenols is 1. The number of thiophene rings is 1. The zero-order chi connectivity index (χ0) is 12.5. The second-order valence-electron chi connectivity index (χ2n) is 3.49. The van der Waals surface area contributed by atoms with Crippen LogP contribution in [0.15, 0.2) is 39.9 Å². The topological polar surface area (TPSA) is 66.4 Å². The molecule has 0 bridgehead atoms. The first kappa shape index (κ1) is 11.9. The highest BCUT2D eigenvalue weighted by Gasteiger charge is 2.16. The van der Waals surface area contributed by atoms with E-state index in [9.17, 15) is 13.5 Å². The van der Waals surface area contributed by atoms with E-state index in [2.05, 4.69) is 4.72 Å². The number of benzene rings is 1. The molecule has 2 aromatic rings. The fourth-order valence-corrected chi connectivity index (χ4v) is 3.46. The number of aromatic hydroxyl groups is 1. The highest BCUT2D eigenvalue weighted by atomic mass is 32.2. The molecule has 0 fully saturated rings. The predicted octanol–water partition coefficient (Wildman–Crippen LogP) is 2.56. The Bertz CT molecular complexity index is 618. The molecule has 4 nitrogen and oxygen atoms in total. The molecule has 2 N–H and O–H groups in total. The highest BCUT2D eigenvalue weighted by Crippen LogP contribution is 2.27. The average molecular weight is 269 g/mol. The molecule has 0 spiro atoms. The van der Waals surface area contributed by atoms with Crippen LogP contribution in [0.25, 0.3) is 0 Å². The second-order valence-corrected chi connectivity index (χ2v) is 6.34. The average Bonchev–Trinajstić information content (AvgIpc) is 2.78. The van der Waals surface area contributed by atoms with Gasteiger partial charge in [0.2, 0.25) is 0 Å². The minimum Gasteiger partial charge on any atom is -0.508 e. The molecule has 0 saturated heterocycles. The van der Waals surface area contributed by atoms with Crippen molar-refractivity contribution in [3.8, 4) is 5.75 Å². The van der Waals surface area contributed by atoms with Gasteiger partial charge in [0.1, 0.15) is 9.96 Å². The molecule has 90 valence electrons. The van der Waals surface area contributed by atoms with Gasteiger partial charge < -0.3 is 5.11 Å². The Labute approximate surface area is 104 Å². The van der Waals surface area contributed by atoms with Crippen LogP contribution in [0.5, 0.6) is 5.75 Å². The SMILES string of the molecule is Cc1c(O)cccc1NS(=O)(=O)c1cccs1. The van der Waals surface area contributed by atoms with Gasteiger partial charge in [-0.15, -0.1) is 11.3 Å². The summed E-state index contributed by atoms with van der Waals surface area (Å²) in [6, 6.07) is 7.92. The number of hydrogen-bond donors (Lipinski definition) is 2. The van der Waals surface area contributed by atoms with Gasteiger partial charge in [-0.05, 0) is 30.5 Å². The van der Waals surface area contributed by atoms with Crippen LogP contribution in [0.3, 0.4) is 0 Å². The maximum atomic E-state index is 11.9. The van der Waals surface area contributed by atoms with E-state index in [0.29, 0.717) is 11.3 Å². The quantitative estimate of drug-likeness (QED) is 0.900. The Kier molecular flexibility index (Phi) is 3.08. The third-order valence-electron chi connectivity index (χ3n) is 2.31. The first-order valence-electron chi connectivity index (χ1n) is 4.85. The largest absolute Gasteiger partial charge is 0.508 e. The molecular weight excluding hydrogens is 258 g/mol. The highest BCUT2D eigenvalue weighted by molar-refractivity contribution is 7.94. The van der Waals surface area contributed by atoms with Crippen molar-refractivity contribution in [2.45, 2.75) is 11.1 Å². The summed E-state index contributed by atoms with van der Waals surface area (Å²) in [5, 5.41) is 11.2. The van der Waals surface area contributed by atoms with Gasteiger partial charge in [0.05, 0.1) is 5.69 Å². The molecule has 0 saturated carbocycles. The van der Waals surface area contributed by atoms with Gasteiger partial charge in [-0.3, -0.25) is 4.72 Å². The van der Waals surface area contributed by atoms with Gasteiger partial charge in [0.15, 0.2) is 0 Å². The fourth-order valence-electron chi connectivity index (χ4n) is 1.35. The Morgan fingerprint density at radius 1 is 1.24 bits per heavy atom. The smallest absolute Gasteiger partial charge is 0.271 e. The molecule has 1 aromatic carbocycles. The summed E-state index contributed by atoms with van der Waals surface area (Å²) in [4.78, 5) is 0. The van der Waals surface area contributed by atoms with Crippen LogP contribution in [-0.2, 0) is 10.0 Å². The van der Waals surface area contributed by atoms with E-state index >= 15 is 0 Å². The van der Waals surface area contributed by atoms with Crippen molar-refractivity contribution in [3.63, 3.8) is 0 Å². The summed E-state index contributed by atoms with van der Waals surface area (Å²) in [5.74, 6) is 0.0661. The minimum atomic E-state index is -3.55. The van der Waals surface area contributed by atoms with E-state index in [4.69, 9.17) is 0 Å². The standard InChI is InChI=1S/C11H11NO3S2/c1-8-9(4-2-5-10(8)13)12-17(14,15)11-6-3-7-16-11/h2-7,12-13H,1H3. The first-order valence-corrected chi connectivity index (χ1v) is 7.22. The number of rotatable bonds is 3. The molecule has 6 heteroatoms. The molecular formula is C11H11NO3S2. The monoisotopic (exact) mass is 269 g/mol. The van der Waals surface area contributed by atoms with Gasteiger partial charge in [-0.1, -0.05) is 12.1 Å². The number of nitrogens with one attached hydrogen (secondary N) is 1. The lowest BCUT2D eigenvalue weighted by molar-refractivity contribution is 0.471. The maximum Gasteiger partial charge on any atom is 0.271 e. The van der Waals surface area contributed by atoms with Gasteiger partial charge in [-0.2, -0.15) is 0 Å². The number of sulfonamides is 1. The molecule has 1 heterocycles. The number of phenolic OH excluding ortho intramolecular Hbond substituents is 1. The summed E-state index contributed by atoms with van der Waals surface area (Å²) < 4.78 is 26.6. The van der Waals surface area contributed by atoms with Crippen molar-refractivity contribution in [2.75, 3.05) is 4.72 Å². The molecule has 0 aliphatic rings. The minimum absolute atomic E-state index is 0.0661.